The second kappa shape index (κ2) is 6.89. The fourth-order valence-electron chi connectivity index (χ4n) is 2.35. The molecule has 0 spiro atoms. The lowest BCUT2D eigenvalue weighted by Gasteiger charge is -2.25. The van der Waals surface area contributed by atoms with Crippen LogP contribution in [-0.4, -0.2) is 25.0 Å². The Bertz CT molecular complexity index is 210. The van der Waals surface area contributed by atoms with Crippen molar-refractivity contribution in [3.63, 3.8) is 0 Å². The van der Waals surface area contributed by atoms with Crippen molar-refractivity contribution in [3.8, 4) is 0 Å². The minimum absolute atomic E-state index is 0.231. The predicted molar refractivity (Wildman–Crippen MR) is 67.3 cm³/mol. The number of rotatable bonds is 5. The topological polar surface area (TPSA) is 41.1 Å². The number of carbonyl (C=O) groups excluding carboxylic acids is 1. The SMILES string of the molecule is CCC(CC(=O)NC1CCCNC1)C(C)C. The van der Waals surface area contributed by atoms with Gasteiger partial charge >= 0.3 is 0 Å². The van der Waals surface area contributed by atoms with E-state index in [0.29, 0.717) is 24.3 Å². The third-order valence-corrected chi connectivity index (χ3v) is 3.58. The van der Waals surface area contributed by atoms with Crippen LogP contribution in [0.1, 0.15) is 46.5 Å². The molecule has 0 aliphatic carbocycles. The third kappa shape index (κ3) is 4.52. The first-order chi connectivity index (χ1) is 7.63. The first-order valence-electron chi connectivity index (χ1n) is 6.63. The molecule has 1 amide bonds. The molecule has 0 aromatic rings. The van der Waals surface area contributed by atoms with Crippen molar-refractivity contribution in [1.29, 1.82) is 0 Å². The van der Waals surface area contributed by atoms with E-state index in [1.165, 1.54) is 6.42 Å². The Morgan fingerprint density at radius 1 is 1.50 bits per heavy atom. The van der Waals surface area contributed by atoms with Gasteiger partial charge in [-0.2, -0.15) is 0 Å². The quantitative estimate of drug-likeness (QED) is 0.752. The van der Waals surface area contributed by atoms with Crippen molar-refractivity contribution in [1.82, 2.24) is 10.6 Å². The molecule has 1 aliphatic rings. The third-order valence-electron chi connectivity index (χ3n) is 3.58. The lowest BCUT2D eigenvalue weighted by molar-refractivity contribution is -0.123. The van der Waals surface area contributed by atoms with Crippen LogP contribution in [0.5, 0.6) is 0 Å². The van der Waals surface area contributed by atoms with Gasteiger partial charge in [0.05, 0.1) is 0 Å². The number of hydrogen-bond donors (Lipinski definition) is 2. The molecule has 2 unspecified atom stereocenters. The van der Waals surface area contributed by atoms with E-state index in [9.17, 15) is 4.79 Å². The highest BCUT2D eigenvalue weighted by Gasteiger charge is 2.19. The van der Waals surface area contributed by atoms with Gasteiger partial charge in [-0.3, -0.25) is 4.79 Å². The summed E-state index contributed by atoms with van der Waals surface area (Å²) in [4.78, 5) is 11.8. The van der Waals surface area contributed by atoms with Crippen LogP contribution in [0.3, 0.4) is 0 Å². The molecule has 1 aliphatic heterocycles. The maximum absolute atomic E-state index is 11.8. The molecule has 94 valence electrons. The van der Waals surface area contributed by atoms with Gasteiger partial charge in [0.25, 0.3) is 0 Å². The van der Waals surface area contributed by atoms with Crippen LogP contribution in [0.15, 0.2) is 0 Å². The van der Waals surface area contributed by atoms with E-state index < -0.39 is 0 Å². The van der Waals surface area contributed by atoms with Crippen LogP contribution in [0.25, 0.3) is 0 Å². The van der Waals surface area contributed by atoms with Gasteiger partial charge in [0.15, 0.2) is 0 Å². The van der Waals surface area contributed by atoms with Gasteiger partial charge in [-0.1, -0.05) is 27.2 Å². The van der Waals surface area contributed by atoms with Crippen molar-refractivity contribution in [2.24, 2.45) is 11.8 Å². The highest BCUT2D eigenvalue weighted by Crippen LogP contribution is 2.18. The first-order valence-corrected chi connectivity index (χ1v) is 6.63. The van der Waals surface area contributed by atoms with Gasteiger partial charge in [-0.05, 0) is 31.2 Å². The van der Waals surface area contributed by atoms with Crippen LogP contribution in [0.2, 0.25) is 0 Å². The second-order valence-corrected chi connectivity index (χ2v) is 5.23. The van der Waals surface area contributed by atoms with Crippen molar-refractivity contribution in [2.75, 3.05) is 13.1 Å². The van der Waals surface area contributed by atoms with Gasteiger partial charge in [-0.15, -0.1) is 0 Å². The van der Waals surface area contributed by atoms with Gasteiger partial charge in [0, 0.05) is 19.0 Å². The summed E-state index contributed by atoms with van der Waals surface area (Å²) in [5.74, 6) is 1.35. The predicted octanol–water partition coefficient (Wildman–Crippen LogP) is 1.93. The largest absolute Gasteiger partial charge is 0.352 e. The molecule has 0 aromatic heterocycles. The van der Waals surface area contributed by atoms with E-state index >= 15 is 0 Å². The van der Waals surface area contributed by atoms with E-state index in [4.69, 9.17) is 0 Å². The summed E-state index contributed by atoms with van der Waals surface area (Å²) in [5.41, 5.74) is 0. The summed E-state index contributed by atoms with van der Waals surface area (Å²) in [6.07, 6.45) is 4.07. The zero-order chi connectivity index (χ0) is 12.0. The second-order valence-electron chi connectivity index (χ2n) is 5.23. The van der Waals surface area contributed by atoms with E-state index in [0.717, 1.165) is 25.9 Å². The summed E-state index contributed by atoms with van der Waals surface area (Å²) in [5, 5.41) is 6.45. The van der Waals surface area contributed by atoms with E-state index in [-0.39, 0.29) is 5.91 Å². The summed E-state index contributed by atoms with van der Waals surface area (Å²) in [6, 6.07) is 0.353. The Morgan fingerprint density at radius 2 is 2.25 bits per heavy atom. The first kappa shape index (κ1) is 13.5. The minimum atomic E-state index is 0.231. The monoisotopic (exact) mass is 226 g/mol. The molecule has 0 aromatic carbocycles. The molecule has 3 nitrogen and oxygen atoms in total. The molecular weight excluding hydrogens is 200 g/mol. The Hall–Kier alpha value is -0.570. The van der Waals surface area contributed by atoms with Crippen molar-refractivity contribution >= 4 is 5.91 Å². The van der Waals surface area contributed by atoms with Gasteiger partial charge in [0.2, 0.25) is 5.91 Å². The summed E-state index contributed by atoms with van der Waals surface area (Å²) in [6.45, 7) is 8.59. The van der Waals surface area contributed by atoms with Crippen LogP contribution < -0.4 is 10.6 Å². The highest BCUT2D eigenvalue weighted by molar-refractivity contribution is 5.76. The van der Waals surface area contributed by atoms with Gasteiger partial charge in [-0.25, -0.2) is 0 Å². The van der Waals surface area contributed by atoms with Crippen molar-refractivity contribution < 1.29 is 4.79 Å². The molecule has 0 saturated carbocycles. The fraction of sp³-hybridized carbons (Fsp3) is 0.923. The highest BCUT2D eigenvalue weighted by atomic mass is 16.1. The lowest BCUT2D eigenvalue weighted by Crippen LogP contribution is -2.46. The van der Waals surface area contributed by atoms with Crippen molar-refractivity contribution in [3.05, 3.63) is 0 Å². The average molecular weight is 226 g/mol. The lowest BCUT2D eigenvalue weighted by atomic mass is 9.90. The molecule has 1 heterocycles. The molecule has 0 bridgehead atoms. The molecule has 1 fully saturated rings. The normalized spacial score (nSPS) is 23.1. The van der Waals surface area contributed by atoms with Crippen LogP contribution in [0.4, 0.5) is 0 Å². The Balaban J connectivity index is 2.28. The standard InChI is InChI=1S/C13H26N2O/c1-4-11(10(2)3)8-13(16)15-12-6-5-7-14-9-12/h10-12,14H,4-9H2,1-3H3,(H,15,16). The zero-order valence-corrected chi connectivity index (χ0v) is 10.9. The van der Waals surface area contributed by atoms with E-state index in [1.54, 1.807) is 0 Å². The molecule has 1 saturated heterocycles. The maximum Gasteiger partial charge on any atom is 0.220 e. The van der Waals surface area contributed by atoms with E-state index in [1.807, 2.05) is 0 Å². The average Bonchev–Trinajstić information content (AvgIpc) is 2.27. The van der Waals surface area contributed by atoms with Crippen LogP contribution >= 0.6 is 0 Å². The summed E-state index contributed by atoms with van der Waals surface area (Å²) >= 11 is 0. The van der Waals surface area contributed by atoms with Gasteiger partial charge in [0.1, 0.15) is 0 Å². The molecule has 3 heteroatoms. The smallest absolute Gasteiger partial charge is 0.220 e. The number of nitrogens with one attached hydrogen (secondary N) is 2. The molecule has 0 radical (unpaired) electrons. The minimum Gasteiger partial charge on any atom is -0.352 e. The zero-order valence-electron chi connectivity index (χ0n) is 10.9. The number of amides is 1. The molecule has 2 N–H and O–H groups in total. The van der Waals surface area contributed by atoms with Gasteiger partial charge < -0.3 is 10.6 Å². The molecular formula is C13H26N2O. The Kier molecular flexibility index (Phi) is 5.81. The van der Waals surface area contributed by atoms with Crippen molar-refractivity contribution in [2.45, 2.75) is 52.5 Å². The molecule has 1 rings (SSSR count). The Labute approximate surface area is 99.4 Å². The van der Waals surface area contributed by atoms with E-state index in [2.05, 4.69) is 31.4 Å². The maximum atomic E-state index is 11.8. The summed E-state index contributed by atoms with van der Waals surface area (Å²) in [7, 11) is 0. The Morgan fingerprint density at radius 3 is 2.75 bits per heavy atom. The fourth-order valence-corrected chi connectivity index (χ4v) is 2.35. The number of carbonyl (C=O) groups is 1. The molecule has 16 heavy (non-hydrogen) atoms. The summed E-state index contributed by atoms with van der Waals surface area (Å²) < 4.78 is 0. The van der Waals surface area contributed by atoms with Crippen LogP contribution in [0, 0.1) is 11.8 Å². The number of piperidine rings is 1. The number of hydrogen-bond acceptors (Lipinski definition) is 2. The molecule has 2 atom stereocenters. The van der Waals surface area contributed by atoms with Crippen LogP contribution in [-0.2, 0) is 4.79 Å².